The van der Waals surface area contributed by atoms with Gasteiger partial charge < -0.3 is 25.0 Å². The molecule has 32 heavy (non-hydrogen) atoms. The molecule has 3 rings (SSSR count). The summed E-state index contributed by atoms with van der Waals surface area (Å²) in [4.78, 5) is 25.7. The molecule has 0 heterocycles. The van der Waals surface area contributed by atoms with Crippen molar-refractivity contribution in [1.29, 1.82) is 0 Å². The molecule has 0 saturated heterocycles. The summed E-state index contributed by atoms with van der Waals surface area (Å²) in [7, 11) is 3.41. The van der Waals surface area contributed by atoms with Gasteiger partial charge in [-0.15, -0.1) is 0 Å². The molecular weight excluding hydrogens is 406 g/mol. The van der Waals surface area contributed by atoms with E-state index in [1.54, 1.807) is 50.5 Å². The van der Waals surface area contributed by atoms with Gasteiger partial charge >= 0.3 is 0 Å². The molecule has 7 nitrogen and oxygen atoms in total. The maximum absolute atomic E-state index is 12.3. The normalized spacial score (nSPS) is 10.2. The third-order valence-corrected chi connectivity index (χ3v) is 4.47. The summed E-state index contributed by atoms with van der Waals surface area (Å²) in [6.45, 7) is 0.903. The van der Waals surface area contributed by atoms with Crippen molar-refractivity contribution in [3.05, 3.63) is 84.4 Å². The second kappa shape index (κ2) is 11.4. The Morgan fingerprint density at radius 1 is 0.781 bits per heavy atom. The lowest BCUT2D eigenvalue weighted by Gasteiger charge is -2.12. The van der Waals surface area contributed by atoms with Crippen molar-refractivity contribution in [2.45, 2.75) is 0 Å². The molecule has 7 heteroatoms. The average molecular weight is 434 g/mol. The third-order valence-electron chi connectivity index (χ3n) is 4.47. The van der Waals surface area contributed by atoms with Gasteiger partial charge in [0.25, 0.3) is 5.91 Å². The van der Waals surface area contributed by atoms with Crippen LogP contribution in [0.1, 0.15) is 10.4 Å². The summed E-state index contributed by atoms with van der Waals surface area (Å²) < 4.78 is 11.3. The van der Waals surface area contributed by atoms with E-state index in [0.717, 1.165) is 11.4 Å². The molecule has 3 aromatic carbocycles. The van der Waals surface area contributed by atoms with E-state index in [4.69, 9.17) is 9.47 Å². The highest BCUT2D eigenvalue weighted by atomic mass is 16.5. The third kappa shape index (κ3) is 7.05. The van der Waals surface area contributed by atoms with E-state index < -0.39 is 0 Å². The molecule has 0 aliphatic carbocycles. The molecular formula is C25H27N3O4. The van der Waals surface area contributed by atoms with Crippen LogP contribution in [0.25, 0.3) is 0 Å². The first-order chi connectivity index (χ1) is 15.5. The smallest absolute Gasteiger partial charge is 0.253 e. The number of nitrogens with zero attached hydrogens (tertiary/aromatic N) is 1. The van der Waals surface area contributed by atoms with Crippen molar-refractivity contribution in [2.24, 2.45) is 0 Å². The number of carbonyl (C=O) groups excluding carboxylic acids is 2. The van der Waals surface area contributed by atoms with Gasteiger partial charge in [0.1, 0.15) is 24.7 Å². The van der Waals surface area contributed by atoms with Crippen LogP contribution in [-0.2, 0) is 4.79 Å². The number of benzene rings is 3. The number of para-hydroxylation sites is 1. The summed E-state index contributed by atoms with van der Waals surface area (Å²) in [6, 6.07) is 23.8. The predicted molar refractivity (Wildman–Crippen MR) is 125 cm³/mol. The zero-order chi connectivity index (χ0) is 22.8. The minimum absolute atomic E-state index is 0.0666. The fraction of sp³-hybridized carbons (Fsp3) is 0.200. The topological polar surface area (TPSA) is 79.9 Å². The quantitative estimate of drug-likeness (QED) is 0.474. The Morgan fingerprint density at radius 3 is 2.12 bits per heavy atom. The number of rotatable bonds is 10. The first-order valence-electron chi connectivity index (χ1n) is 10.3. The van der Waals surface area contributed by atoms with E-state index in [-0.39, 0.29) is 18.4 Å². The van der Waals surface area contributed by atoms with Crippen molar-refractivity contribution < 1.29 is 19.1 Å². The van der Waals surface area contributed by atoms with E-state index in [1.807, 2.05) is 42.5 Å². The highest BCUT2D eigenvalue weighted by molar-refractivity contribution is 5.95. The fourth-order valence-electron chi connectivity index (χ4n) is 2.88. The number of hydrogen-bond acceptors (Lipinski definition) is 5. The molecule has 3 aromatic rings. The van der Waals surface area contributed by atoms with Crippen molar-refractivity contribution in [3.8, 4) is 11.5 Å². The van der Waals surface area contributed by atoms with E-state index in [0.29, 0.717) is 30.2 Å². The van der Waals surface area contributed by atoms with Crippen molar-refractivity contribution in [1.82, 2.24) is 4.90 Å². The van der Waals surface area contributed by atoms with Gasteiger partial charge in [0, 0.05) is 37.1 Å². The van der Waals surface area contributed by atoms with Gasteiger partial charge in [0.15, 0.2) is 0 Å². The van der Waals surface area contributed by atoms with Gasteiger partial charge in [0.2, 0.25) is 5.91 Å². The first kappa shape index (κ1) is 22.7. The average Bonchev–Trinajstić information content (AvgIpc) is 2.81. The Morgan fingerprint density at radius 2 is 1.44 bits per heavy atom. The Labute approximate surface area is 188 Å². The fourth-order valence-corrected chi connectivity index (χ4v) is 2.88. The molecule has 0 spiro atoms. The number of hydrogen-bond donors (Lipinski definition) is 2. The van der Waals surface area contributed by atoms with Gasteiger partial charge in [-0.2, -0.15) is 0 Å². The lowest BCUT2D eigenvalue weighted by atomic mass is 10.2. The molecule has 0 aromatic heterocycles. The van der Waals surface area contributed by atoms with E-state index in [1.165, 1.54) is 4.90 Å². The number of amides is 2. The van der Waals surface area contributed by atoms with Crippen LogP contribution in [0, 0.1) is 0 Å². The van der Waals surface area contributed by atoms with Crippen LogP contribution < -0.4 is 20.1 Å². The first-order valence-corrected chi connectivity index (χ1v) is 10.3. The van der Waals surface area contributed by atoms with E-state index in [2.05, 4.69) is 10.6 Å². The zero-order valence-corrected chi connectivity index (χ0v) is 18.2. The monoisotopic (exact) mass is 433 g/mol. The van der Waals surface area contributed by atoms with Crippen LogP contribution in [0.15, 0.2) is 78.9 Å². The summed E-state index contributed by atoms with van der Waals surface area (Å²) in [5.74, 6) is 1.18. The highest BCUT2D eigenvalue weighted by Gasteiger charge is 2.08. The number of anilines is 2. The SMILES string of the molecule is CN(C)C(=O)c1ccc(NCC(=O)Nc2cccc(OCCOc3ccccc3)c2)cc1. The summed E-state index contributed by atoms with van der Waals surface area (Å²) >= 11 is 0. The standard InChI is InChI=1S/C25H27N3O4/c1-28(2)25(30)19-11-13-20(14-12-19)26-18-24(29)27-21-7-6-10-23(17-21)32-16-15-31-22-8-4-3-5-9-22/h3-14,17,26H,15-16,18H2,1-2H3,(H,27,29). The molecule has 0 fully saturated rings. The molecule has 0 saturated carbocycles. The van der Waals surface area contributed by atoms with Gasteiger partial charge in [-0.25, -0.2) is 0 Å². The molecule has 2 N–H and O–H groups in total. The lowest BCUT2D eigenvalue weighted by Crippen LogP contribution is -2.22. The van der Waals surface area contributed by atoms with E-state index >= 15 is 0 Å². The summed E-state index contributed by atoms with van der Waals surface area (Å²) in [5.41, 5.74) is 1.99. The number of carbonyl (C=O) groups is 2. The molecule has 0 aliphatic heterocycles. The molecule has 0 aliphatic rings. The van der Waals surface area contributed by atoms with Gasteiger partial charge in [-0.3, -0.25) is 9.59 Å². The molecule has 0 unspecified atom stereocenters. The second-order valence-electron chi connectivity index (χ2n) is 7.22. The van der Waals surface area contributed by atoms with Crippen LogP contribution in [-0.4, -0.2) is 50.6 Å². The molecule has 0 atom stereocenters. The van der Waals surface area contributed by atoms with Crippen LogP contribution >= 0.6 is 0 Å². The Kier molecular flexibility index (Phi) is 8.09. The summed E-state index contributed by atoms with van der Waals surface area (Å²) in [6.07, 6.45) is 0. The molecule has 166 valence electrons. The van der Waals surface area contributed by atoms with Crippen LogP contribution in [0.2, 0.25) is 0 Å². The van der Waals surface area contributed by atoms with E-state index in [9.17, 15) is 9.59 Å². The van der Waals surface area contributed by atoms with Crippen LogP contribution in [0.3, 0.4) is 0 Å². The number of nitrogens with one attached hydrogen (secondary N) is 2. The highest BCUT2D eigenvalue weighted by Crippen LogP contribution is 2.18. The Bertz CT molecular complexity index is 1020. The maximum Gasteiger partial charge on any atom is 0.253 e. The van der Waals surface area contributed by atoms with Gasteiger partial charge in [0.05, 0.1) is 6.54 Å². The van der Waals surface area contributed by atoms with Crippen molar-refractivity contribution >= 4 is 23.2 Å². The lowest BCUT2D eigenvalue weighted by molar-refractivity contribution is -0.114. The molecule has 2 amide bonds. The minimum atomic E-state index is -0.192. The molecule has 0 bridgehead atoms. The zero-order valence-electron chi connectivity index (χ0n) is 18.2. The maximum atomic E-state index is 12.3. The summed E-state index contributed by atoms with van der Waals surface area (Å²) in [5, 5.41) is 5.89. The Hall–Kier alpha value is -4.00. The van der Waals surface area contributed by atoms with Gasteiger partial charge in [-0.05, 0) is 48.5 Å². The van der Waals surface area contributed by atoms with Crippen molar-refractivity contribution in [2.75, 3.05) is 44.5 Å². The minimum Gasteiger partial charge on any atom is -0.490 e. The van der Waals surface area contributed by atoms with Crippen LogP contribution in [0.4, 0.5) is 11.4 Å². The van der Waals surface area contributed by atoms with Crippen LogP contribution in [0.5, 0.6) is 11.5 Å². The largest absolute Gasteiger partial charge is 0.490 e. The Balaban J connectivity index is 1.42. The predicted octanol–water partition coefficient (Wildman–Crippen LogP) is 3.90. The van der Waals surface area contributed by atoms with Gasteiger partial charge in [-0.1, -0.05) is 24.3 Å². The van der Waals surface area contributed by atoms with Crippen molar-refractivity contribution in [3.63, 3.8) is 0 Å². The second-order valence-corrected chi connectivity index (χ2v) is 7.22. The molecule has 0 radical (unpaired) electrons. The number of ether oxygens (including phenoxy) is 2.